The zero-order valence-electron chi connectivity index (χ0n) is 8.01. The minimum Gasteiger partial charge on any atom is -0.479 e. The van der Waals surface area contributed by atoms with E-state index in [2.05, 4.69) is 0 Å². The summed E-state index contributed by atoms with van der Waals surface area (Å²) in [5.74, 6) is -2.32. The lowest BCUT2D eigenvalue weighted by Crippen LogP contribution is -2.43. The molecular formula is C8H14O6. The second-order valence-electron chi connectivity index (χ2n) is 3.64. The van der Waals surface area contributed by atoms with Crippen LogP contribution in [0.3, 0.4) is 0 Å². The third-order valence-corrected chi connectivity index (χ3v) is 1.99. The molecule has 0 unspecified atom stereocenters. The number of ether oxygens (including phenoxy) is 2. The van der Waals surface area contributed by atoms with E-state index in [-0.39, 0.29) is 6.61 Å². The van der Waals surface area contributed by atoms with E-state index in [1.807, 2.05) is 0 Å². The standard InChI is InChI=1S/C8H14O6/c1-8(2)13-3-4(14-8)5(9)6(10)7(11)12/h4-6,9-10H,3H2,1-2H3,(H,11,12)/t4-,5-,6-/m1/s1. The van der Waals surface area contributed by atoms with Gasteiger partial charge in [-0.1, -0.05) is 0 Å². The molecule has 14 heavy (non-hydrogen) atoms. The molecule has 1 aliphatic rings. The number of hydrogen-bond donors (Lipinski definition) is 3. The Bertz CT molecular complexity index is 226. The first-order valence-electron chi connectivity index (χ1n) is 4.24. The van der Waals surface area contributed by atoms with Crippen molar-refractivity contribution in [1.29, 1.82) is 0 Å². The van der Waals surface area contributed by atoms with Crippen LogP contribution in [0.15, 0.2) is 0 Å². The highest BCUT2D eigenvalue weighted by Crippen LogP contribution is 2.25. The van der Waals surface area contributed by atoms with Gasteiger partial charge in [-0.05, 0) is 13.8 Å². The second kappa shape index (κ2) is 3.82. The minimum atomic E-state index is -1.85. The first-order valence-corrected chi connectivity index (χ1v) is 4.24. The number of aliphatic hydroxyl groups excluding tert-OH is 2. The summed E-state index contributed by atoms with van der Waals surface area (Å²) in [6.07, 6.45) is -4.14. The summed E-state index contributed by atoms with van der Waals surface area (Å²) in [5.41, 5.74) is 0. The van der Waals surface area contributed by atoms with E-state index >= 15 is 0 Å². The molecule has 0 aromatic rings. The van der Waals surface area contributed by atoms with Crippen LogP contribution < -0.4 is 0 Å². The van der Waals surface area contributed by atoms with Crippen molar-refractivity contribution in [3.63, 3.8) is 0 Å². The Labute approximate surface area is 81.1 Å². The van der Waals surface area contributed by atoms with Gasteiger partial charge in [-0.25, -0.2) is 4.79 Å². The Hall–Kier alpha value is -0.690. The van der Waals surface area contributed by atoms with Crippen LogP contribution in [-0.4, -0.2) is 52.0 Å². The first kappa shape index (κ1) is 11.4. The topological polar surface area (TPSA) is 96.2 Å². The smallest absolute Gasteiger partial charge is 0.335 e. The average Bonchev–Trinajstić information content (AvgIpc) is 2.43. The molecule has 0 aromatic heterocycles. The summed E-state index contributed by atoms with van der Waals surface area (Å²) in [7, 11) is 0. The number of aliphatic carboxylic acids is 1. The molecule has 1 saturated heterocycles. The highest BCUT2D eigenvalue weighted by atomic mass is 16.7. The lowest BCUT2D eigenvalue weighted by Gasteiger charge is -2.21. The predicted molar refractivity (Wildman–Crippen MR) is 44.6 cm³/mol. The molecule has 1 rings (SSSR count). The SMILES string of the molecule is CC1(C)OC[C@H]([C@@H](O)[C@@H](O)C(=O)O)O1. The predicted octanol–water partition coefficient (Wildman–Crippen LogP) is -1.06. The molecule has 0 aliphatic carbocycles. The molecule has 0 radical (unpaired) electrons. The van der Waals surface area contributed by atoms with Gasteiger partial charge >= 0.3 is 5.97 Å². The molecule has 0 bridgehead atoms. The quantitative estimate of drug-likeness (QED) is 0.545. The molecule has 6 nitrogen and oxygen atoms in total. The molecule has 82 valence electrons. The molecule has 0 spiro atoms. The molecule has 1 aliphatic heterocycles. The van der Waals surface area contributed by atoms with Gasteiger partial charge in [0.15, 0.2) is 11.9 Å². The zero-order chi connectivity index (χ0) is 10.9. The number of carbonyl (C=O) groups is 1. The summed E-state index contributed by atoms with van der Waals surface area (Å²) in [4.78, 5) is 10.4. The van der Waals surface area contributed by atoms with Crippen molar-refractivity contribution in [2.75, 3.05) is 6.61 Å². The largest absolute Gasteiger partial charge is 0.479 e. The molecule has 0 amide bonds. The minimum absolute atomic E-state index is 0.0680. The number of aliphatic hydroxyl groups is 2. The van der Waals surface area contributed by atoms with Crippen molar-refractivity contribution < 1.29 is 29.6 Å². The summed E-state index contributed by atoms with van der Waals surface area (Å²) in [5, 5.41) is 26.9. The Morgan fingerprint density at radius 3 is 2.43 bits per heavy atom. The highest BCUT2D eigenvalue weighted by molar-refractivity contribution is 5.72. The van der Waals surface area contributed by atoms with Crippen molar-refractivity contribution in [2.24, 2.45) is 0 Å². The molecule has 0 saturated carbocycles. The summed E-state index contributed by atoms with van der Waals surface area (Å²) < 4.78 is 10.3. The van der Waals surface area contributed by atoms with Crippen LogP contribution in [0.4, 0.5) is 0 Å². The molecule has 0 aromatic carbocycles. The number of hydrogen-bond acceptors (Lipinski definition) is 5. The number of carboxylic acids is 1. The number of carboxylic acid groups (broad SMARTS) is 1. The first-order chi connectivity index (χ1) is 6.33. The van der Waals surface area contributed by atoms with E-state index in [0.29, 0.717) is 0 Å². The Morgan fingerprint density at radius 2 is 2.07 bits per heavy atom. The lowest BCUT2D eigenvalue weighted by molar-refractivity contribution is -0.173. The second-order valence-corrected chi connectivity index (χ2v) is 3.64. The third kappa shape index (κ3) is 2.42. The molecular weight excluding hydrogens is 192 g/mol. The maximum absolute atomic E-state index is 10.4. The van der Waals surface area contributed by atoms with Crippen LogP contribution in [0, 0.1) is 0 Å². The van der Waals surface area contributed by atoms with Crippen LogP contribution in [0.25, 0.3) is 0 Å². The number of rotatable bonds is 3. The van der Waals surface area contributed by atoms with Gasteiger partial charge in [0.25, 0.3) is 0 Å². The fourth-order valence-corrected chi connectivity index (χ4v) is 1.23. The van der Waals surface area contributed by atoms with Crippen molar-refractivity contribution in [1.82, 2.24) is 0 Å². The summed E-state index contributed by atoms with van der Waals surface area (Å²) >= 11 is 0. The van der Waals surface area contributed by atoms with Gasteiger partial charge in [-0.2, -0.15) is 0 Å². The van der Waals surface area contributed by atoms with Gasteiger partial charge < -0.3 is 24.8 Å². The molecule has 1 heterocycles. The molecule has 1 fully saturated rings. The van der Waals surface area contributed by atoms with E-state index in [0.717, 1.165) is 0 Å². The fourth-order valence-electron chi connectivity index (χ4n) is 1.23. The summed E-state index contributed by atoms with van der Waals surface area (Å²) in [6, 6.07) is 0. The fraction of sp³-hybridized carbons (Fsp3) is 0.875. The van der Waals surface area contributed by atoms with E-state index in [4.69, 9.17) is 19.7 Å². The van der Waals surface area contributed by atoms with Crippen molar-refractivity contribution in [3.05, 3.63) is 0 Å². The van der Waals surface area contributed by atoms with E-state index in [1.165, 1.54) is 0 Å². The van der Waals surface area contributed by atoms with Crippen LogP contribution >= 0.6 is 0 Å². The van der Waals surface area contributed by atoms with Crippen LogP contribution in [0.2, 0.25) is 0 Å². The Morgan fingerprint density at radius 1 is 1.50 bits per heavy atom. The van der Waals surface area contributed by atoms with Crippen molar-refractivity contribution in [2.45, 2.75) is 37.9 Å². The van der Waals surface area contributed by atoms with Gasteiger partial charge in [-0.3, -0.25) is 0 Å². The van der Waals surface area contributed by atoms with E-state index in [1.54, 1.807) is 13.8 Å². The van der Waals surface area contributed by atoms with Crippen LogP contribution in [0.1, 0.15) is 13.8 Å². The zero-order valence-corrected chi connectivity index (χ0v) is 8.01. The molecule has 3 N–H and O–H groups in total. The highest BCUT2D eigenvalue weighted by Gasteiger charge is 2.41. The van der Waals surface area contributed by atoms with Crippen molar-refractivity contribution in [3.8, 4) is 0 Å². The molecule has 6 heteroatoms. The van der Waals surface area contributed by atoms with Gasteiger partial charge in [0.2, 0.25) is 0 Å². The van der Waals surface area contributed by atoms with Gasteiger partial charge in [0.05, 0.1) is 6.61 Å². The van der Waals surface area contributed by atoms with Gasteiger partial charge in [-0.15, -0.1) is 0 Å². The van der Waals surface area contributed by atoms with Crippen LogP contribution in [-0.2, 0) is 14.3 Å². The third-order valence-electron chi connectivity index (χ3n) is 1.99. The van der Waals surface area contributed by atoms with Gasteiger partial charge in [0.1, 0.15) is 12.2 Å². The Balaban J connectivity index is 2.55. The van der Waals surface area contributed by atoms with Crippen LogP contribution in [0.5, 0.6) is 0 Å². The molecule has 3 atom stereocenters. The Kier molecular flexibility index (Phi) is 3.10. The van der Waals surface area contributed by atoms with Gasteiger partial charge in [0, 0.05) is 0 Å². The van der Waals surface area contributed by atoms with E-state index < -0.39 is 30.1 Å². The normalized spacial score (nSPS) is 29.9. The lowest BCUT2D eigenvalue weighted by atomic mass is 10.1. The van der Waals surface area contributed by atoms with Crippen molar-refractivity contribution >= 4 is 5.97 Å². The van der Waals surface area contributed by atoms with E-state index in [9.17, 15) is 9.90 Å². The maximum atomic E-state index is 10.4. The summed E-state index contributed by atoms with van der Waals surface area (Å²) in [6.45, 7) is 3.36. The average molecular weight is 206 g/mol. The monoisotopic (exact) mass is 206 g/mol. The maximum Gasteiger partial charge on any atom is 0.335 e.